The zero-order chi connectivity index (χ0) is 39.4. The van der Waals surface area contributed by atoms with Crippen molar-refractivity contribution >= 4 is 0 Å². The van der Waals surface area contributed by atoms with Crippen LogP contribution >= 0.6 is 0 Å². The van der Waals surface area contributed by atoms with Crippen LogP contribution in [0.25, 0.3) is 0 Å². The summed E-state index contributed by atoms with van der Waals surface area (Å²) in [7, 11) is 0. The average molecular weight is 772 g/mol. The van der Waals surface area contributed by atoms with Crippen molar-refractivity contribution in [3.63, 3.8) is 0 Å². The van der Waals surface area contributed by atoms with Crippen LogP contribution in [0, 0.1) is 0 Å². The summed E-state index contributed by atoms with van der Waals surface area (Å²) < 4.78 is 11.3. The van der Waals surface area contributed by atoms with Crippen LogP contribution in [0.4, 0.5) is 0 Å². The first-order valence-electron chi connectivity index (χ1n) is 22.1. The fourth-order valence-electron chi connectivity index (χ4n) is 7.14. The lowest BCUT2D eigenvalue weighted by atomic mass is 10.0. The number of rotatable bonds is 39. The van der Waals surface area contributed by atoms with Gasteiger partial charge in [0.25, 0.3) is 0 Å². The highest BCUT2D eigenvalue weighted by Gasteiger charge is 2.19. The Labute approximate surface area is 336 Å². The van der Waals surface area contributed by atoms with Crippen molar-refractivity contribution < 1.29 is 29.9 Å². The molecule has 0 fully saturated rings. The Bertz CT molecular complexity index is 1080. The predicted octanol–water partition coefficient (Wildman–Crippen LogP) is 7.64. The van der Waals surface area contributed by atoms with Crippen molar-refractivity contribution in [3.05, 3.63) is 71.8 Å². The molecule has 9 heteroatoms. The van der Waals surface area contributed by atoms with Gasteiger partial charge < -0.3 is 29.9 Å². The molecule has 0 spiro atoms. The van der Waals surface area contributed by atoms with Crippen molar-refractivity contribution in [1.29, 1.82) is 0 Å². The van der Waals surface area contributed by atoms with Gasteiger partial charge in [0.15, 0.2) is 0 Å². The van der Waals surface area contributed by atoms with Crippen molar-refractivity contribution in [2.75, 3.05) is 98.5 Å². The van der Waals surface area contributed by atoms with E-state index in [0.717, 1.165) is 50.3 Å². The summed E-state index contributed by atoms with van der Waals surface area (Å²) in [4.78, 5) is 7.03. The first-order valence-corrected chi connectivity index (χ1v) is 22.1. The smallest absolute Gasteiger partial charge is 0.0916 e. The Morgan fingerprint density at radius 3 is 1.16 bits per heavy atom. The highest BCUT2D eigenvalue weighted by atomic mass is 16.5. The molecule has 0 bridgehead atoms. The molecule has 316 valence electrons. The molecular formula is C46H81N3O6. The van der Waals surface area contributed by atoms with Crippen LogP contribution in [0.1, 0.15) is 133 Å². The molecular weight excluding hydrogens is 691 g/mol. The van der Waals surface area contributed by atoms with Crippen molar-refractivity contribution in [3.8, 4) is 0 Å². The van der Waals surface area contributed by atoms with E-state index in [9.17, 15) is 20.4 Å². The molecule has 0 aliphatic carbocycles. The van der Waals surface area contributed by atoms with Gasteiger partial charge in [-0.3, -0.25) is 14.7 Å². The molecule has 2 aromatic rings. The lowest BCUT2D eigenvalue weighted by Gasteiger charge is -2.32. The monoisotopic (exact) mass is 772 g/mol. The molecule has 0 heterocycles. The Balaban J connectivity index is 1.87. The number of hydrogen-bond donors (Lipinski definition) is 4. The average Bonchev–Trinajstić information content (AvgIpc) is 3.21. The third kappa shape index (κ3) is 26.6. The summed E-state index contributed by atoms with van der Waals surface area (Å²) in [6.45, 7) is 10.5. The van der Waals surface area contributed by atoms with Crippen LogP contribution in [-0.2, 0) is 9.47 Å². The third-order valence-electron chi connectivity index (χ3n) is 10.6. The highest BCUT2D eigenvalue weighted by Crippen LogP contribution is 2.17. The normalized spacial score (nSPS) is 13.0. The summed E-state index contributed by atoms with van der Waals surface area (Å²) in [5.74, 6) is 0. The van der Waals surface area contributed by atoms with E-state index < -0.39 is 12.2 Å². The topological polar surface area (TPSA) is 109 Å². The molecule has 0 radical (unpaired) electrons. The molecule has 2 rings (SSSR count). The van der Waals surface area contributed by atoms with E-state index in [1.165, 1.54) is 96.3 Å². The molecule has 9 nitrogen and oxygen atoms in total. The first kappa shape index (κ1) is 49.2. The van der Waals surface area contributed by atoms with E-state index in [1.807, 2.05) is 60.7 Å². The minimum Gasteiger partial charge on any atom is -0.394 e. The van der Waals surface area contributed by atoms with Gasteiger partial charge in [-0.1, -0.05) is 164 Å². The van der Waals surface area contributed by atoms with Gasteiger partial charge in [-0.05, 0) is 24.1 Å². The number of nitrogens with zero attached hydrogens (tertiary/aromatic N) is 3. The maximum absolute atomic E-state index is 11.3. The molecule has 0 amide bonds. The molecule has 0 aliphatic heterocycles. The van der Waals surface area contributed by atoms with Crippen LogP contribution in [0.15, 0.2) is 60.7 Å². The van der Waals surface area contributed by atoms with E-state index in [4.69, 9.17) is 9.47 Å². The van der Waals surface area contributed by atoms with Gasteiger partial charge in [-0.15, -0.1) is 0 Å². The van der Waals surface area contributed by atoms with Gasteiger partial charge in [0.1, 0.15) is 0 Å². The number of unbranched alkanes of at least 4 members (excludes halogenated alkanes) is 15. The summed E-state index contributed by atoms with van der Waals surface area (Å²) in [6.07, 6.45) is 20.5. The van der Waals surface area contributed by atoms with E-state index in [0.29, 0.717) is 52.6 Å². The largest absolute Gasteiger partial charge is 0.394 e. The Morgan fingerprint density at radius 1 is 0.418 bits per heavy atom. The fraction of sp³-hybridized carbons (Fsp3) is 0.739. The van der Waals surface area contributed by atoms with E-state index in [2.05, 4.69) is 21.6 Å². The van der Waals surface area contributed by atoms with Gasteiger partial charge in [-0.2, -0.15) is 0 Å². The number of aliphatic hydroxyl groups is 4. The van der Waals surface area contributed by atoms with Crippen LogP contribution in [0.2, 0.25) is 0 Å². The van der Waals surface area contributed by atoms with E-state index in [1.54, 1.807) is 0 Å². The fourth-order valence-corrected chi connectivity index (χ4v) is 7.14. The highest BCUT2D eigenvalue weighted by molar-refractivity contribution is 5.18. The van der Waals surface area contributed by atoms with Gasteiger partial charge in [0, 0.05) is 52.4 Å². The molecule has 55 heavy (non-hydrogen) atoms. The molecule has 4 N–H and O–H groups in total. The minimum absolute atomic E-state index is 0.0151. The van der Waals surface area contributed by atoms with Gasteiger partial charge in [-0.25, -0.2) is 0 Å². The predicted molar refractivity (Wildman–Crippen MR) is 227 cm³/mol. The number of ether oxygens (including phenoxy) is 2. The van der Waals surface area contributed by atoms with Crippen LogP contribution in [-0.4, -0.2) is 134 Å². The zero-order valence-electron chi connectivity index (χ0n) is 34.8. The lowest BCUT2D eigenvalue weighted by Crippen LogP contribution is -2.43. The third-order valence-corrected chi connectivity index (χ3v) is 10.6. The SMILES string of the molecule is CCCCCCCCCCCCCCCCCCN(CCOCCO)CCN(CCN(CCOCCO)CC(O)c1ccccc1)CC(O)c1ccccc1. The molecule has 2 aromatic carbocycles. The molecule has 0 aromatic heterocycles. The zero-order valence-corrected chi connectivity index (χ0v) is 34.8. The van der Waals surface area contributed by atoms with Crippen molar-refractivity contribution in [2.45, 2.75) is 122 Å². The molecule has 2 unspecified atom stereocenters. The Morgan fingerprint density at radius 2 is 0.764 bits per heavy atom. The van der Waals surface area contributed by atoms with Crippen molar-refractivity contribution in [1.82, 2.24) is 14.7 Å². The minimum atomic E-state index is -0.628. The lowest BCUT2D eigenvalue weighted by molar-refractivity contribution is 0.0454. The summed E-state index contributed by atoms with van der Waals surface area (Å²) in [5.41, 5.74) is 1.79. The summed E-state index contributed by atoms with van der Waals surface area (Å²) in [6, 6.07) is 19.6. The number of benzene rings is 2. The standard InChI is InChI=1S/C46H81N3O6/c1-2-3-4-5-6-7-8-9-10-11-12-13-14-15-16-23-28-47(33-37-54-39-35-50)29-30-48(41-45(52)43-24-19-17-20-25-43)31-32-49(34-38-55-40-36-51)42-46(53)44-26-21-18-22-27-44/h17-22,24-27,45-46,50-53H,2-16,23,28-42H2,1H3. The van der Waals surface area contributed by atoms with Gasteiger partial charge >= 0.3 is 0 Å². The molecule has 2 atom stereocenters. The Kier molecular flexibility index (Phi) is 31.6. The molecule has 0 aliphatic rings. The molecule has 0 saturated carbocycles. The second-order valence-electron chi connectivity index (χ2n) is 15.3. The maximum Gasteiger partial charge on any atom is 0.0916 e. The van der Waals surface area contributed by atoms with E-state index >= 15 is 0 Å². The van der Waals surface area contributed by atoms with Crippen LogP contribution < -0.4 is 0 Å². The summed E-state index contributed by atoms with van der Waals surface area (Å²) >= 11 is 0. The van der Waals surface area contributed by atoms with Crippen LogP contribution in [0.5, 0.6) is 0 Å². The Hall–Kier alpha value is -1.92. The second-order valence-corrected chi connectivity index (χ2v) is 15.3. The first-order chi connectivity index (χ1) is 27.1. The number of aliphatic hydroxyl groups excluding tert-OH is 4. The van der Waals surface area contributed by atoms with Crippen molar-refractivity contribution in [2.24, 2.45) is 0 Å². The maximum atomic E-state index is 11.3. The van der Waals surface area contributed by atoms with Crippen LogP contribution in [0.3, 0.4) is 0 Å². The van der Waals surface area contributed by atoms with Gasteiger partial charge in [0.2, 0.25) is 0 Å². The summed E-state index contributed by atoms with van der Waals surface area (Å²) in [5, 5.41) is 40.8. The quantitative estimate of drug-likeness (QED) is 0.0511. The van der Waals surface area contributed by atoms with Gasteiger partial charge in [0.05, 0.1) is 51.8 Å². The van der Waals surface area contributed by atoms with E-state index in [-0.39, 0.29) is 13.2 Å². The second kappa shape index (κ2) is 35.3. The number of hydrogen-bond acceptors (Lipinski definition) is 9. The molecule has 0 saturated heterocycles.